The fraction of sp³-hybridized carbons (Fsp3) is 0.450. The van der Waals surface area contributed by atoms with E-state index in [4.69, 9.17) is 10.5 Å². The van der Waals surface area contributed by atoms with Crippen LogP contribution < -0.4 is 16.2 Å². The number of rotatable bonds is 6. The summed E-state index contributed by atoms with van der Waals surface area (Å²) >= 11 is 0. The molecule has 3 heterocycles. The molecule has 148 valence electrons. The van der Waals surface area contributed by atoms with Crippen LogP contribution in [0.3, 0.4) is 0 Å². The van der Waals surface area contributed by atoms with Gasteiger partial charge in [0.15, 0.2) is 11.5 Å². The van der Waals surface area contributed by atoms with E-state index >= 15 is 0 Å². The number of nitrogens with zero attached hydrogens (tertiary/aromatic N) is 4. The van der Waals surface area contributed by atoms with E-state index in [2.05, 4.69) is 44.1 Å². The van der Waals surface area contributed by atoms with Gasteiger partial charge in [-0.05, 0) is 44.0 Å². The first-order valence-electron chi connectivity index (χ1n) is 9.83. The molecule has 1 fully saturated rings. The second kappa shape index (κ2) is 8.02. The third-order valence-corrected chi connectivity index (χ3v) is 5.12. The molecule has 0 unspecified atom stereocenters. The van der Waals surface area contributed by atoms with Crippen LogP contribution in [0.5, 0.6) is 6.01 Å². The van der Waals surface area contributed by atoms with Crippen molar-refractivity contribution in [1.82, 2.24) is 24.4 Å². The van der Waals surface area contributed by atoms with Gasteiger partial charge in [-0.1, -0.05) is 30.7 Å². The number of nitrogens with one attached hydrogen (secondary N) is 1. The minimum atomic E-state index is -0.262. The van der Waals surface area contributed by atoms with Crippen LogP contribution in [-0.2, 0) is 13.1 Å². The van der Waals surface area contributed by atoms with E-state index in [0.29, 0.717) is 24.3 Å². The number of anilines is 1. The molecular formula is C20H26N6O2. The number of H-pyrrole nitrogens is 1. The number of hydrogen-bond acceptors (Lipinski definition) is 6. The van der Waals surface area contributed by atoms with Crippen molar-refractivity contribution in [3.05, 3.63) is 45.9 Å². The Morgan fingerprint density at radius 2 is 1.75 bits per heavy atom. The number of hydrogen-bond donors (Lipinski definition) is 2. The topological polar surface area (TPSA) is 102 Å². The lowest BCUT2D eigenvalue weighted by Crippen LogP contribution is -2.29. The number of ether oxygens (including phenoxy) is 1. The molecule has 0 saturated carbocycles. The molecule has 8 heteroatoms. The Labute approximate surface area is 163 Å². The summed E-state index contributed by atoms with van der Waals surface area (Å²) in [5.74, 6) is 0.209. The Kier molecular flexibility index (Phi) is 5.29. The second-order valence-electron chi connectivity index (χ2n) is 7.19. The molecule has 1 saturated heterocycles. The number of nitrogens with two attached hydrogens (primary N) is 1. The first-order valence-corrected chi connectivity index (χ1v) is 9.83. The highest BCUT2D eigenvalue weighted by Gasteiger charge is 2.15. The van der Waals surface area contributed by atoms with E-state index in [9.17, 15) is 4.79 Å². The Bertz CT molecular complexity index is 1000. The molecular weight excluding hydrogens is 356 g/mol. The second-order valence-corrected chi connectivity index (χ2v) is 7.19. The molecule has 4 rings (SSSR count). The molecule has 3 N–H and O–H groups in total. The van der Waals surface area contributed by atoms with Gasteiger partial charge in [0.25, 0.3) is 0 Å². The van der Waals surface area contributed by atoms with Crippen molar-refractivity contribution < 1.29 is 4.74 Å². The maximum Gasteiger partial charge on any atom is 0.328 e. The van der Waals surface area contributed by atoms with Gasteiger partial charge in [-0.2, -0.15) is 9.97 Å². The monoisotopic (exact) mass is 382 g/mol. The van der Waals surface area contributed by atoms with E-state index < -0.39 is 0 Å². The Morgan fingerprint density at radius 3 is 2.43 bits per heavy atom. The van der Waals surface area contributed by atoms with Gasteiger partial charge in [0.2, 0.25) is 0 Å². The summed E-state index contributed by atoms with van der Waals surface area (Å²) in [6, 6.07) is 8.59. The molecule has 0 atom stereocenters. The zero-order chi connectivity index (χ0) is 19.5. The normalized spacial score (nSPS) is 15.2. The minimum Gasteiger partial charge on any atom is -0.464 e. The van der Waals surface area contributed by atoms with Crippen molar-refractivity contribution in [3.8, 4) is 6.01 Å². The number of benzene rings is 1. The van der Waals surface area contributed by atoms with Gasteiger partial charge in [0.05, 0.1) is 13.2 Å². The molecule has 0 amide bonds. The van der Waals surface area contributed by atoms with Gasteiger partial charge < -0.3 is 15.5 Å². The number of piperidine rings is 1. The number of imidazole rings is 1. The lowest BCUT2D eigenvalue weighted by molar-refractivity contribution is 0.221. The SMILES string of the molecule is CCOc1nc(N)c2[nH]c(=O)n(Cc3ccc(CN4CCCCC4)cc3)c2n1. The first-order chi connectivity index (χ1) is 13.6. The van der Waals surface area contributed by atoms with E-state index in [1.807, 2.05) is 6.92 Å². The predicted molar refractivity (Wildman–Crippen MR) is 108 cm³/mol. The van der Waals surface area contributed by atoms with Crippen LogP contribution >= 0.6 is 0 Å². The van der Waals surface area contributed by atoms with Crippen molar-refractivity contribution in [2.24, 2.45) is 0 Å². The molecule has 28 heavy (non-hydrogen) atoms. The predicted octanol–water partition coefficient (Wildman–Crippen LogP) is 2.13. The van der Waals surface area contributed by atoms with Crippen molar-refractivity contribution in [1.29, 1.82) is 0 Å². The van der Waals surface area contributed by atoms with Crippen molar-refractivity contribution in [2.45, 2.75) is 39.3 Å². The Morgan fingerprint density at radius 1 is 1.07 bits per heavy atom. The zero-order valence-corrected chi connectivity index (χ0v) is 16.1. The zero-order valence-electron chi connectivity index (χ0n) is 16.1. The molecule has 8 nitrogen and oxygen atoms in total. The average molecular weight is 382 g/mol. The lowest BCUT2D eigenvalue weighted by Gasteiger charge is -2.26. The Hall–Kier alpha value is -2.87. The number of aromatic amines is 1. The summed E-state index contributed by atoms with van der Waals surface area (Å²) in [4.78, 5) is 26.1. The summed E-state index contributed by atoms with van der Waals surface area (Å²) in [6.07, 6.45) is 3.92. The molecule has 0 radical (unpaired) electrons. The first kappa shape index (κ1) is 18.5. The van der Waals surface area contributed by atoms with Crippen molar-refractivity contribution in [3.63, 3.8) is 0 Å². The summed E-state index contributed by atoms with van der Waals surface area (Å²) in [7, 11) is 0. The Balaban J connectivity index is 1.55. The van der Waals surface area contributed by atoms with Crippen molar-refractivity contribution >= 4 is 17.0 Å². The maximum absolute atomic E-state index is 12.4. The molecule has 1 aliphatic heterocycles. The van der Waals surface area contributed by atoms with E-state index in [-0.39, 0.29) is 17.5 Å². The number of nitrogen functional groups attached to an aromatic ring is 1. The van der Waals surface area contributed by atoms with Gasteiger partial charge in [0.1, 0.15) is 5.52 Å². The largest absolute Gasteiger partial charge is 0.464 e. The average Bonchev–Trinajstić information content (AvgIpc) is 3.01. The molecule has 1 aromatic carbocycles. The van der Waals surface area contributed by atoms with Crippen molar-refractivity contribution in [2.75, 3.05) is 25.4 Å². The van der Waals surface area contributed by atoms with Gasteiger partial charge in [-0.3, -0.25) is 9.47 Å². The highest BCUT2D eigenvalue weighted by Crippen LogP contribution is 2.19. The van der Waals surface area contributed by atoms with E-state index in [0.717, 1.165) is 12.1 Å². The molecule has 0 aliphatic carbocycles. The van der Waals surface area contributed by atoms with Crippen LogP contribution in [0, 0.1) is 0 Å². The fourth-order valence-electron chi connectivity index (χ4n) is 3.68. The fourth-order valence-corrected chi connectivity index (χ4v) is 3.68. The van der Waals surface area contributed by atoms with Gasteiger partial charge in [-0.15, -0.1) is 0 Å². The van der Waals surface area contributed by atoms with Gasteiger partial charge >= 0.3 is 11.7 Å². The third kappa shape index (κ3) is 3.87. The summed E-state index contributed by atoms with van der Waals surface area (Å²) < 4.78 is 6.93. The molecule has 0 bridgehead atoms. The summed E-state index contributed by atoms with van der Waals surface area (Å²) in [5, 5.41) is 0. The maximum atomic E-state index is 12.4. The van der Waals surface area contributed by atoms with Crippen LogP contribution in [0.1, 0.15) is 37.3 Å². The minimum absolute atomic E-state index is 0.178. The highest BCUT2D eigenvalue weighted by molar-refractivity contribution is 5.81. The smallest absolute Gasteiger partial charge is 0.328 e. The van der Waals surface area contributed by atoms with Gasteiger partial charge in [-0.25, -0.2) is 4.79 Å². The molecule has 2 aromatic heterocycles. The number of likely N-dealkylation sites (tertiary alicyclic amines) is 1. The quantitative estimate of drug-likeness (QED) is 0.677. The lowest BCUT2D eigenvalue weighted by atomic mass is 10.1. The van der Waals surface area contributed by atoms with Crippen LogP contribution in [0.25, 0.3) is 11.2 Å². The highest BCUT2D eigenvalue weighted by atomic mass is 16.5. The molecule has 0 spiro atoms. The van der Waals surface area contributed by atoms with Crippen LogP contribution in [0.2, 0.25) is 0 Å². The summed E-state index contributed by atoms with van der Waals surface area (Å²) in [6.45, 7) is 6.02. The standard InChI is InChI=1S/C20H26N6O2/c1-2-28-19-23-17(21)16-18(24-19)26(20(27)22-16)13-15-8-6-14(7-9-15)12-25-10-4-3-5-11-25/h6-9H,2-5,10-13H2,1H3,(H,22,27)(H2,21,23,24). The number of aromatic nitrogens is 4. The molecule has 1 aliphatic rings. The van der Waals surface area contributed by atoms with E-state index in [1.54, 1.807) is 4.57 Å². The molecule has 3 aromatic rings. The van der Waals surface area contributed by atoms with Crippen LogP contribution in [0.15, 0.2) is 29.1 Å². The summed E-state index contributed by atoms with van der Waals surface area (Å²) in [5.41, 5.74) is 8.91. The van der Waals surface area contributed by atoms with Gasteiger partial charge in [0, 0.05) is 6.54 Å². The van der Waals surface area contributed by atoms with E-state index in [1.165, 1.54) is 37.9 Å². The van der Waals surface area contributed by atoms with Crippen LogP contribution in [-0.4, -0.2) is 44.1 Å². The number of fused-ring (bicyclic) bond motifs is 1. The van der Waals surface area contributed by atoms with Crippen LogP contribution in [0.4, 0.5) is 5.82 Å². The third-order valence-electron chi connectivity index (χ3n) is 5.12.